The van der Waals surface area contributed by atoms with Gasteiger partial charge in [0.25, 0.3) is 0 Å². The van der Waals surface area contributed by atoms with Gasteiger partial charge in [-0.15, -0.1) is 0 Å². The van der Waals surface area contributed by atoms with Crippen molar-refractivity contribution in [1.82, 2.24) is 5.06 Å². The Morgan fingerprint density at radius 3 is 2.65 bits per heavy atom. The molecule has 3 rings (SSSR count). The van der Waals surface area contributed by atoms with Crippen LogP contribution in [0.4, 0.5) is 0 Å². The first kappa shape index (κ1) is 13.4. The molecular formula is C15H12Cl2N2O. The number of benzene rings is 2. The van der Waals surface area contributed by atoms with Crippen LogP contribution in [0.25, 0.3) is 5.70 Å². The lowest BCUT2D eigenvalue weighted by molar-refractivity contribution is -0.0706. The monoisotopic (exact) mass is 306 g/mol. The fourth-order valence-corrected chi connectivity index (χ4v) is 2.80. The molecule has 2 aromatic carbocycles. The van der Waals surface area contributed by atoms with E-state index in [1.807, 2.05) is 31.2 Å². The van der Waals surface area contributed by atoms with Crippen LogP contribution >= 0.6 is 23.2 Å². The van der Waals surface area contributed by atoms with Crippen molar-refractivity contribution in [2.24, 2.45) is 4.99 Å². The van der Waals surface area contributed by atoms with E-state index in [4.69, 9.17) is 23.2 Å². The van der Waals surface area contributed by atoms with Gasteiger partial charge < -0.3 is 0 Å². The third kappa shape index (κ3) is 2.18. The Morgan fingerprint density at radius 1 is 1.15 bits per heavy atom. The highest BCUT2D eigenvalue weighted by molar-refractivity contribution is 6.35. The van der Waals surface area contributed by atoms with E-state index >= 15 is 0 Å². The van der Waals surface area contributed by atoms with Crippen LogP contribution in [0.2, 0.25) is 10.0 Å². The van der Waals surface area contributed by atoms with Gasteiger partial charge in [0.05, 0.1) is 11.1 Å². The zero-order valence-electron chi connectivity index (χ0n) is 10.7. The normalized spacial score (nSPS) is 17.7. The second-order valence-corrected chi connectivity index (χ2v) is 5.46. The zero-order chi connectivity index (χ0) is 14.3. The summed E-state index contributed by atoms with van der Waals surface area (Å²) in [7, 11) is 0. The van der Waals surface area contributed by atoms with Crippen LogP contribution in [0.5, 0.6) is 0 Å². The second kappa shape index (κ2) is 5.09. The summed E-state index contributed by atoms with van der Waals surface area (Å²) < 4.78 is 0. The number of hydroxylamine groups is 2. The number of nitrogens with zero attached hydrogens (tertiary/aromatic N) is 2. The van der Waals surface area contributed by atoms with Gasteiger partial charge in [0.1, 0.15) is 0 Å². The van der Waals surface area contributed by atoms with Gasteiger partial charge in [0.2, 0.25) is 0 Å². The Balaban J connectivity index is 2.20. The van der Waals surface area contributed by atoms with Crippen LogP contribution in [-0.4, -0.2) is 10.3 Å². The lowest BCUT2D eigenvalue weighted by Gasteiger charge is -2.28. The van der Waals surface area contributed by atoms with Crippen molar-refractivity contribution < 1.29 is 5.21 Å². The number of halogens is 2. The van der Waals surface area contributed by atoms with E-state index in [-0.39, 0.29) is 0 Å². The van der Waals surface area contributed by atoms with Gasteiger partial charge in [-0.1, -0.05) is 47.5 Å². The summed E-state index contributed by atoms with van der Waals surface area (Å²) in [5.74, 6) is 0. The molecule has 102 valence electrons. The Morgan fingerprint density at radius 2 is 1.90 bits per heavy atom. The van der Waals surface area contributed by atoms with Gasteiger partial charge in [-0.05, 0) is 25.1 Å². The van der Waals surface area contributed by atoms with Gasteiger partial charge in [-0.3, -0.25) is 10.2 Å². The van der Waals surface area contributed by atoms with Gasteiger partial charge in [0, 0.05) is 20.8 Å². The minimum atomic E-state index is -0.560. The Hall–Kier alpha value is -1.55. The number of hydrogen-bond donors (Lipinski definition) is 1. The summed E-state index contributed by atoms with van der Waals surface area (Å²) in [5.41, 5.74) is 1.46. The van der Waals surface area contributed by atoms with Crippen LogP contribution in [0.1, 0.15) is 18.7 Å². The summed E-state index contributed by atoms with van der Waals surface area (Å²) >= 11 is 12.1. The highest BCUT2D eigenvalue weighted by Gasteiger charge is 2.24. The lowest BCUT2D eigenvalue weighted by Crippen LogP contribution is -2.39. The SMILES string of the molecule is CC1=c2ccccc2=NC(c2ccc(Cl)cc2Cl)N1O. The predicted octanol–water partition coefficient (Wildman–Crippen LogP) is 3.14. The molecule has 1 aliphatic heterocycles. The van der Waals surface area contributed by atoms with E-state index in [0.717, 1.165) is 21.3 Å². The van der Waals surface area contributed by atoms with Gasteiger partial charge in [-0.2, -0.15) is 0 Å². The maximum absolute atomic E-state index is 10.3. The zero-order valence-corrected chi connectivity index (χ0v) is 12.2. The number of rotatable bonds is 1. The molecular weight excluding hydrogens is 295 g/mol. The van der Waals surface area contributed by atoms with E-state index < -0.39 is 6.17 Å². The Labute approximate surface area is 126 Å². The summed E-state index contributed by atoms with van der Waals surface area (Å²) in [6.45, 7) is 1.85. The molecule has 3 nitrogen and oxygen atoms in total. The highest BCUT2D eigenvalue weighted by atomic mass is 35.5. The van der Waals surface area contributed by atoms with Gasteiger partial charge >= 0.3 is 0 Å². The molecule has 1 unspecified atom stereocenters. The first-order valence-corrected chi connectivity index (χ1v) is 6.90. The van der Waals surface area contributed by atoms with E-state index in [2.05, 4.69) is 4.99 Å². The van der Waals surface area contributed by atoms with Crippen LogP contribution < -0.4 is 10.6 Å². The molecule has 0 radical (unpaired) electrons. The molecule has 0 bridgehead atoms. The standard InChI is InChI=1S/C15H12Cl2N2O/c1-9-11-4-2-3-5-14(11)18-15(19(9)20)12-7-6-10(16)8-13(12)17/h2-8,15,20H,1H3. The first-order valence-electron chi connectivity index (χ1n) is 6.15. The van der Waals surface area contributed by atoms with Gasteiger partial charge in [-0.25, -0.2) is 5.06 Å². The molecule has 2 aromatic rings. The topological polar surface area (TPSA) is 35.8 Å². The molecule has 20 heavy (non-hydrogen) atoms. The minimum Gasteiger partial charge on any atom is -0.286 e. The summed E-state index contributed by atoms with van der Waals surface area (Å²) in [6, 6.07) is 12.9. The number of hydrogen-bond acceptors (Lipinski definition) is 3. The summed E-state index contributed by atoms with van der Waals surface area (Å²) in [4.78, 5) is 4.57. The Kier molecular flexibility index (Phi) is 3.42. The summed E-state index contributed by atoms with van der Waals surface area (Å²) in [5, 5.41) is 14.3. The molecule has 0 saturated heterocycles. The Bertz CT molecular complexity index is 789. The van der Waals surface area contributed by atoms with Crippen molar-refractivity contribution in [2.75, 3.05) is 0 Å². The third-order valence-electron chi connectivity index (χ3n) is 3.37. The molecule has 1 N–H and O–H groups in total. The molecule has 0 amide bonds. The van der Waals surface area contributed by atoms with E-state index in [9.17, 15) is 5.21 Å². The largest absolute Gasteiger partial charge is 0.286 e. The molecule has 1 aliphatic rings. The van der Waals surface area contributed by atoms with Crippen LogP contribution in [0, 0.1) is 0 Å². The molecule has 0 fully saturated rings. The summed E-state index contributed by atoms with van der Waals surface area (Å²) in [6.07, 6.45) is -0.560. The third-order valence-corrected chi connectivity index (χ3v) is 3.93. The van der Waals surface area contributed by atoms with Crippen molar-refractivity contribution in [3.05, 3.63) is 68.6 Å². The second-order valence-electron chi connectivity index (χ2n) is 4.62. The fraction of sp³-hybridized carbons (Fsp3) is 0.133. The molecule has 1 heterocycles. The molecule has 0 aliphatic carbocycles. The molecule has 1 atom stereocenters. The average molecular weight is 307 g/mol. The first-order chi connectivity index (χ1) is 9.58. The van der Waals surface area contributed by atoms with Crippen LogP contribution in [-0.2, 0) is 0 Å². The minimum absolute atomic E-state index is 0.484. The fourth-order valence-electron chi connectivity index (χ4n) is 2.30. The van der Waals surface area contributed by atoms with Crippen LogP contribution in [0.15, 0.2) is 47.5 Å². The van der Waals surface area contributed by atoms with Gasteiger partial charge in [0.15, 0.2) is 6.17 Å². The van der Waals surface area contributed by atoms with Crippen LogP contribution in [0.3, 0.4) is 0 Å². The van der Waals surface area contributed by atoms with Crippen molar-refractivity contribution in [1.29, 1.82) is 0 Å². The average Bonchev–Trinajstić information content (AvgIpc) is 2.43. The molecule has 0 aromatic heterocycles. The van der Waals surface area contributed by atoms with E-state index in [1.54, 1.807) is 18.2 Å². The molecule has 0 spiro atoms. The lowest BCUT2D eigenvalue weighted by atomic mass is 10.1. The smallest absolute Gasteiger partial charge is 0.172 e. The number of fused-ring (bicyclic) bond motifs is 1. The molecule has 0 saturated carbocycles. The van der Waals surface area contributed by atoms with E-state index in [1.165, 1.54) is 0 Å². The number of para-hydroxylation sites is 1. The quantitative estimate of drug-likeness (QED) is 0.878. The molecule has 5 heteroatoms. The maximum Gasteiger partial charge on any atom is 0.172 e. The highest BCUT2D eigenvalue weighted by Crippen LogP contribution is 2.32. The van der Waals surface area contributed by atoms with Crippen molar-refractivity contribution in [3.63, 3.8) is 0 Å². The maximum atomic E-state index is 10.3. The van der Waals surface area contributed by atoms with Crippen molar-refractivity contribution >= 4 is 28.9 Å². The van der Waals surface area contributed by atoms with Crippen molar-refractivity contribution in [2.45, 2.75) is 13.1 Å². The predicted molar refractivity (Wildman–Crippen MR) is 79.1 cm³/mol. The van der Waals surface area contributed by atoms with E-state index in [0.29, 0.717) is 15.6 Å². The van der Waals surface area contributed by atoms with Crippen molar-refractivity contribution in [3.8, 4) is 0 Å².